The zero-order valence-electron chi connectivity index (χ0n) is 8.42. The van der Waals surface area contributed by atoms with Crippen molar-refractivity contribution in [1.29, 1.82) is 0 Å². The Balaban J connectivity index is 2.50. The number of aryl methyl sites for hydroxylation is 1. The second-order valence-electron chi connectivity index (χ2n) is 3.09. The van der Waals surface area contributed by atoms with Gasteiger partial charge < -0.3 is 0 Å². The summed E-state index contributed by atoms with van der Waals surface area (Å²) in [4.78, 5) is 1.33. The molecule has 0 spiro atoms. The molecule has 0 radical (unpaired) electrons. The van der Waals surface area contributed by atoms with E-state index in [2.05, 4.69) is 37.8 Å². The van der Waals surface area contributed by atoms with E-state index in [-0.39, 0.29) is 0 Å². The number of hydrogen-bond donors (Lipinski definition) is 0. The molecule has 0 fully saturated rings. The van der Waals surface area contributed by atoms with E-state index in [1.165, 1.54) is 10.5 Å². The molecule has 0 aliphatic carbocycles. The minimum absolute atomic E-state index is 0.733. The van der Waals surface area contributed by atoms with Crippen molar-refractivity contribution in [2.75, 3.05) is 5.75 Å². The highest BCUT2D eigenvalue weighted by molar-refractivity contribution is 7.99. The third kappa shape index (κ3) is 4.21. The average Bonchev–Trinajstić information content (AvgIpc) is 2.17. The fraction of sp³-hybridized carbons (Fsp3) is 0.333. The first kappa shape index (κ1) is 11.7. The van der Waals surface area contributed by atoms with Gasteiger partial charge in [0.05, 0.1) is 0 Å². The van der Waals surface area contributed by atoms with Gasteiger partial charge in [0.15, 0.2) is 0 Å². The van der Waals surface area contributed by atoms with Crippen molar-refractivity contribution in [3.63, 3.8) is 0 Å². The molecule has 0 amide bonds. The van der Waals surface area contributed by atoms with E-state index >= 15 is 0 Å². The molecule has 0 aromatic heterocycles. The Hall–Kier alpha value is -0.400. The first-order valence-electron chi connectivity index (χ1n) is 4.77. The average molecular weight is 227 g/mol. The third-order valence-electron chi connectivity index (χ3n) is 1.92. The molecule has 0 unspecified atom stereocenters. The van der Waals surface area contributed by atoms with Crippen LogP contribution in [0.2, 0.25) is 0 Å². The Labute approximate surface area is 95.4 Å². The topological polar surface area (TPSA) is 0 Å². The Morgan fingerprint density at radius 1 is 1.36 bits per heavy atom. The van der Waals surface area contributed by atoms with Gasteiger partial charge in [-0.2, -0.15) is 0 Å². The SMILES string of the molecule is C=C(Cl)CCc1ccc(SCC)cc1. The normalized spacial score (nSPS) is 10.1. The molecule has 0 atom stereocenters. The van der Waals surface area contributed by atoms with Gasteiger partial charge in [0.25, 0.3) is 0 Å². The van der Waals surface area contributed by atoms with Crippen molar-refractivity contribution in [2.45, 2.75) is 24.7 Å². The molecule has 0 nitrogen and oxygen atoms in total. The van der Waals surface area contributed by atoms with Crippen molar-refractivity contribution in [3.8, 4) is 0 Å². The van der Waals surface area contributed by atoms with Crippen LogP contribution in [0.15, 0.2) is 40.8 Å². The number of thioether (sulfide) groups is 1. The monoisotopic (exact) mass is 226 g/mol. The van der Waals surface area contributed by atoms with Crippen LogP contribution in [0.3, 0.4) is 0 Å². The molecule has 1 rings (SSSR count). The van der Waals surface area contributed by atoms with Crippen LogP contribution in [0.5, 0.6) is 0 Å². The second-order valence-corrected chi connectivity index (χ2v) is 4.97. The van der Waals surface area contributed by atoms with Crippen molar-refractivity contribution < 1.29 is 0 Å². The number of benzene rings is 1. The molecule has 1 aromatic carbocycles. The molecule has 1 aromatic rings. The maximum Gasteiger partial charge on any atom is 0.0112 e. The molecule has 0 aliphatic heterocycles. The lowest BCUT2D eigenvalue weighted by atomic mass is 10.1. The molecule has 76 valence electrons. The summed E-state index contributed by atoms with van der Waals surface area (Å²) in [6.45, 7) is 5.84. The minimum atomic E-state index is 0.733. The molecule has 14 heavy (non-hydrogen) atoms. The third-order valence-corrected chi connectivity index (χ3v) is 3.00. The van der Waals surface area contributed by atoms with Gasteiger partial charge in [-0.15, -0.1) is 11.8 Å². The van der Waals surface area contributed by atoms with Gasteiger partial charge in [-0.3, -0.25) is 0 Å². The van der Waals surface area contributed by atoms with Crippen LogP contribution in [0.4, 0.5) is 0 Å². The summed E-state index contributed by atoms with van der Waals surface area (Å²) in [5, 5.41) is 0.733. The summed E-state index contributed by atoms with van der Waals surface area (Å²) in [7, 11) is 0. The van der Waals surface area contributed by atoms with Crippen LogP contribution in [-0.4, -0.2) is 5.75 Å². The first-order chi connectivity index (χ1) is 6.72. The van der Waals surface area contributed by atoms with Crippen molar-refractivity contribution in [3.05, 3.63) is 41.4 Å². The van der Waals surface area contributed by atoms with E-state index in [0.717, 1.165) is 23.6 Å². The predicted octanol–water partition coefficient (Wildman–Crippen LogP) is 4.48. The lowest BCUT2D eigenvalue weighted by molar-refractivity contribution is 0.986. The molecule has 2 heteroatoms. The molecule has 0 N–H and O–H groups in total. The van der Waals surface area contributed by atoms with Gasteiger partial charge in [-0.25, -0.2) is 0 Å². The molecule has 0 saturated heterocycles. The van der Waals surface area contributed by atoms with Crippen molar-refractivity contribution >= 4 is 23.4 Å². The Morgan fingerprint density at radius 2 is 2.00 bits per heavy atom. The van der Waals surface area contributed by atoms with Crippen molar-refractivity contribution in [2.24, 2.45) is 0 Å². The summed E-state index contributed by atoms with van der Waals surface area (Å²) >= 11 is 7.57. The zero-order chi connectivity index (χ0) is 10.4. The maximum absolute atomic E-state index is 5.71. The molecular formula is C12H15ClS. The van der Waals surface area contributed by atoms with Gasteiger partial charge in [0, 0.05) is 9.93 Å². The maximum atomic E-state index is 5.71. The minimum Gasteiger partial charge on any atom is -0.126 e. The fourth-order valence-corrected chi connectivity index (χ4v) is 1.96. The van der Waals surface area contributed by atoms with E-state index in [1.807, 2.05) is 11.8 Å². The molecular weight excluding hydrogens is 212 g/mol. The van der Waals surface area contributed by atoms with Crippen molar-refractivity contribution in [1.82, 2.24) is 0 Å². The number of allylic oxidation sites excluding steroid dienone is 1. The van der Waals surface area contributed by atoms with Gasteiger partial charge in [-0.1, -0.05) is 37.2 Å². The van der Waals surface area contributed by atoms with E-state index in [9.17, 15) is 0 Å². The lowest BCUT2D eigenvalue weighted by Gasteiger charge is -2.02. The van der Waals surface area contributed by atoms with Crippen LogP contribution in [-0.2, 0) is 6.42 Å². The quantitative estimate of drug-likeness (QED) is 0.667. The van der Waals surface area contributed by atoms with Gasteiger partial charge >= 0.3 is 0 Å². The Kier molecular flexibility index (Phi) is 5.13. The van der Waals surface area contributed by atoms with Crippen LogP contribution >= 0.6 is 23.4 Å². The van der Waals surface area contributed by atoms with E-state index in [4.69, 9.17) is 11.6 Å². The Morgan fingerprint density at radius 3 is 2.50 bits per heavy atom. The Bertz CT molecular complexity index is 290. The summed E-state index contributed by atoms with van der Waals surface area (Å²) in [5.74, 6) is 1.12. The van der Waals surface area contributed by atoms with Crippen LogP contribution in [0.1, 0.15) is 18.9 Å². The summed E-state index contributed by atoms with van der Waals surface area (Å²) in [6.07, 6.45) is 1.85. The number of halogens is 1. The van der Waals surface area contributed by atoms with Gasteiger partial charge in [-0.05, 0) is 36.3 Å². The summed E-state index contributed by atoms with van der Waals surface area (Å²) < 4.78 is 0. The molecule has 0 aliphatic rings. The predicted molar refractivity (Wildman–Crippen MR) is 66.2 cm³/mol. The fourth-order valence-electron chi connectivity index (χ4n) is 1.20. The molecule has 0 saturated carbocycles. The van der Waals surface area contributed by atoms with Crippen LogP contribution < -0.4 is 0 Å². The first-order valence-corrected chi connectivity index (χ1v) is 6.13. The van der Waals surface area contributed by atoms with Crippen LogP contribution in [0.25, 0.3) is 0 Å². The smallest absolute Gasteiger partial charge is 0.0112 e. The standard InChI is InChI=1S/C12H15ClS/c1-3-14-12-8-6-11(7-9-12)5-4-10(2)13/h6-9H,2-5H2,1H3. The van der Waals surface area contributed by atoms with E-state index in [0.29, 0.717) is 0 Å². The highest BCUT2D eigenvalue weighted by atomic mass is 35.5. The number of hydrogen-bond acceptors (Lipinski definition) is 1. The van der Waals surface area contributed by atoms with Gasteiger partial charge in [0.2, 0.25) is 0 Å². The highest BCUT2D eigenvalue weighted by Gasteiger charge is 1.95. The van der Waals surface area contributed by atoms with Crippen LogP contribution in [0, 0.1) is 0 Å². The second kappa shape index (κ2) is 6.15. The number of rotatable bonds is 5. The zero-order valence-corrected chi connectivity index (χ0v) is 10.00. The summed E-state index contributed by atoms with van der Waals surface area (Å²) in [5.41, 5.74) is 1.33. The van der Waals surface area contributed by atoms with E-state index < -0.39 is 0 Å². The molecule has 0 heterocycles. The van der Waals surface area contributed by atoms with E-state index in [1.54, 1.807) is 0 Å². The molecule has 0 bridgehead atoms. The highest BCUT2D eigenvalue weighted by Crippen LogP contribution is 2.19. The lowest BCUT2D eigenvalue weighted by Crippen LogP contribution is -1.84. The van der Waals surface area contributed by atoms with Gasteiger partial charge in [0.1, 0.15) is 0 Å². The summed E-state index contributed by atoms with van der Waals surface area (Å²) in [6, 6.07) is 8.66. The largest absolute Gasteiger partial charge is 0.126 e.